The van der Waals surface area contributed by atoms with Gasteiger partial charge >= 0.3 is 12.1 Å². The SMILES string of the molecule is Cn1cccc1C(=O)N1CCC2(CC1)CCN(Cc1ccccn1)C2=O.O=C(O)C(F)(F)F. The molecule has 0 aromatic carbocycles. The van der Waals surface area contributed by atoms with Crippen LogP contribution in [0.3, 0.4) is 0 Å². The fraction of sp³-hybridized carbons (Fsp3) is 0.455. The molecule has 8 nitrogen and oxygen atoms in total. The summed E-state index contributed by atoms with van der Waals surface area (Å²) in [6.45, 7) is 2.65. The Hall–Kier alpha value is -3.37. The number of amides is 2. The zero-order valence-corrected chi connectivity index (χ0v) is 18.1. The lowest BCUT2D eigenvalue weighted by Gasteiger charge is -2.38. The number of aromatic nitrogens is 2. The van der Waals surface area contributed by atoms with Gasteiger partial charge in [-0.2, -0.15) is 13.2 Å². The maximum Gasteiger partial charge on any atom is 0.490 e. The number of rotatable bonds is 3. The van der Waals surface area contributed by atoms with Crippen LogP contribution >= 0.6 is 0 Å². The van der Waals surface area contributed by atoms with E-state index in [9.17, 15) is 22.8 Å². The van der Waals surface area contributed by atoms with Crippen molar-refractivity contribution in [2.24, 2.45) is 12.5 Å². The molecule has 2 amide bonds. The molecule has 0 saturated carbocycles. The first-order valence-electron chi connectivity index (χ1n) is 10.4. The van der Waals surface area contributed by atoms with E-state index in [1.165, 1.54) is 0 Å². The van der Waals surface area contributed by atoms with Crippen molar-refractivity contribution < 1.29 is 32.7 Å². The van der Waals surface area contributed by atoms with E-state index in [1.807, 2.05) is 57.9 Å². The molecule has 4 rings (SSSR count). The van der Waals surface area contributed by atoms with Crippen molar-refractivity contribution in [1.82, 2.24) is 19.4 Å². The highest BCUT2D eigenvalue weighted by molar-refractivity contribution is 5.93. The molecule has 2 saturated heterocycles. The van der Waals surface area contributed by atoms with Crippen LogP contribution in [0.4, 0.5) is 13.2 Å². The van der Waals surface area contributed by atoms with Gasteiger partial charge in [0.2, 0.25) is 5.91 Å². The third kappa shape index (κ3) is 5.52. The fourth-order valence-corrected chi connectivity index (χ4v) is 4.18. The van der Waals surface area contributed by atoms with Crippen molar-refractivity contribution >= 4 is 17.8 Å². The Bertz CT molecular complexity index is 999. The second kappa shape index (κ2) is 9.63. The highest BCUT2D eigenvalue weighted by atomic mass is 19.4. The summed E-state index contributed by atoms with van der Waals surface area (Å²) in [6, 6.07) is 9.53. The quantitative estimate of drug-likeness (QED) is 0.751. The number of pyridine rings is 1. The first-order valence-corrected chi connectivity index (χ1v) is 10.4. The maximum atomic E-state index is 13.0. The molecule has 2 aliphatic rings. The number of piperidine rings is 1. The van der Waals surface area contributed by atoms with E-state index < -0.39 is 12.1 Å². The normalized spacial score (nSPS) is 17.6. The smallest absolute Gasteiger partial charge is 0.475 e. The number of likely N-dealkylation sites (tertiary alicyclic amines) is 2. The molecule has 2 fully saturated rings. The third-order valence-corrected chi connectivity index (χ3v) is 6.09. The Morgan fingerprint density at radius 2 is 1.73 bits per heavy atom. The molecule has 178 valence electrons. The lowest BCUT2D eigenvalue weighted by molar-refractivity contribution is -0.192. The van der Waals surface area contributed by atoms with E-state index in [0.29, 0.717) is 25.3 Å². The van der Waals surface area contributed by atoms with Gasteiger partial charge < -0.3 is 19.5 Å². The monoisotopic (exact) mass is 466 g/mol. The molecular formula is C22H25F3N4O4. The number of carbonyl (C=O) groups excluding carboxylic acids is 2. The first kappa shape index (κ1) is 24.3. The van der Waals surface area contributed by atoms with Gasteiger partial charge in [-0.15, -0.1) is 0 Å². The van der Waals surface area contributed by atoms with Gasteiger partial charge in [0, 0.05) is 39.1 Å². The molecule has 0 atom stereocenters. The van der Waals surface area contributed by atoms with Crippen LogP contribution < -0.4 is 0 Å². The van der Waals surface area contributed by atoms with Gasteiger partial charge in [0.15, 0.2) is 0 Å². The summed E-state index contributed by atoms with van der Waals surface area (Å²) in [5.74, 6) is -2.47. The van der Waals surface area contributed by atoms with Crippen LogP contribution in [0.25, 0.3) is 0 Å². The number of aliphatic carboxylic acids is 1. The summed E-state index contributed by atoms with van der Waals surface area (Å²) in [4.78, 5) is 42.8. The Labute approximate surface area is 188 Å². The summed E-state index contributed by atoms with van der Waals surface area (Å²) in [7, 11) is 1.88. The summed E-state index contributed by atoms with van der Waals surface area (Å²) in [5, 5.41) is 7.12. The van der Waals surface area contributed by atoms with Crippen LogP contribution in [-0.2, 0) is 23.2 Å². The van der Waals surface area contributed by atoms with Crippen molar-refractivity contribution in [3.05, 3.63) is 54.1 Å². The number of carboxylic acids is 1. The van der Waals surface area contributed by atoms with E-state index in [4.69, 9.17) is 9.90 Å². The van der Waals surface area contributed by atoms with Crippen LogP contribution in [0, 0.1) is 5.41 Å². The number of hydrogen-bond donors (Lipinski definition) is 1. The molecule has 0 aliphatic carbocycles. The molecule has 1 spiro atoms. The van der Waals surface area contributed by atoms with Crippen LogP contribution in [0.2, 0.25) is 0 Å². The molecule has 2 aromatic rings. The number of nitrogens with zero attached hydrogens (tertiary/aromatic N) is 4. The summed E-state index contributed by atoms with van der Waals surface area (Å²) < 4.78 is 33.6. The van der Waals surface area contributed by atoms with Crippen molar-refractivity contribution in [2.75, 3.05) is 19.6 Å². The van der Waals surface area contributed by atoms with Crippen LogP contribution in [0.15, 0.2) is 42.7 Å². The number of halogens is 3. The highest BCUT2D eigenvalue weighted by Crippen LogP contribution is 2.42. The second-order valence-electron chi connectivity index (χ2n) is 8.18. The average molecular weight is 466 g/mol. The number of carbonyl (C=O) groups is 3. The molecular weight excluding hydrogens is 441 g/mol. The topological polar surface area (TPSA) is 95.7 Å². The van der Waals surface area contributed by atoms with E-state index in [0.717, 1.165) is 31.5 Å². The Morgan fingerprint density at radius 3 is 2.24 bits per heavy atom. The van der Waals surface area contributed by atoms with Gasteiger partial charge in [0.25, 0.3) is 5.91 Å². The summed E-state index contributed by atoms with van der Waals surface area (Å²) >= 11 is 0. The first-order chi connectivity index (χ1) is 15.5. The Kier molecular flexibility index (Phi) is 7.09. The molecule has 33 heavy (non-hydrogen) atoms. The predicted molar refractivity (Wildman–Crippen MR) is 111 cm³/mol. The van der Waals surface area contributed by atoms with Gasteiger partial charge in [0.1, 0.15) is 5.69 Å². The number of alkyl halides is 3. The van der Waals surface area contributed by atoms with Crippen molar-refractivity contribution in [2.45, 2.75) is 32.0 Å². The highest BCUT2D eigenvalue weighted by Gasteiger charge is 2.48. The van der Waals surface area contributed by atoms with E-state index in [2.05, 4.69) is 4.98 Å². The number of carboxylic acid groups (broad SMARTS) is 1. The average Bonchev–Trinajstić information content (AvgIpc) is 3.33. The minimum Gasteiger partial charge on any atom is -0.475 e. The van der Waals surface area contributed by atoms with Crippen molar-refractivity contribution in [1.29, 1.82) is 0 Å². The minimum atomic E-state index is -5.08. The van der Waals surface area contributed by atoms with Crippen molar-refractivity contribution in [3.63, 3.8) is 0 Å². The van der Waals surface area contributed by atoms with Crippen LogP contribution in [0.1, 0.15) is 35.4 Å². The van der Waals surface area contributed by atoms with Gasteiger partial charge in [-0.05, 0) is 43.5 Å². The van der Waals surface area contributed by atoms with Crippen LogP contribution in [0.5, 0.6) is 0 Å². The van der Waals surface area contributed by atoms with Crippen LogP contribution in [-0.4, -0.2) is 68.1 Å². The Balaban J connectivity index is 0.000000383. The van der Waals surface area contributed by atoms with E-state index >= 15 is 0 Å². The molecule has 2 aromatic heterocycles. The van der Waals surface area contributed by atoms with Crippen molar-refractivity contribution in [3.8, 4) is 0 Å². The summed E-state index contributed by atoms with van der Waals surface area (Å²) in [5.41, 5.74) is 1.34. The largest absolute Gasteiger partial charge is 0.490 e. The molecule has 11 heteroatoms. The third-order valence-electron chi connectivity index (χ3n) is 6.09. The lowest BCUT2D eigenvalue weighted by Crippen LogP contribution is -2.46. The van der Waals surface area contributed by atoms with Gasteiger partial charge in [-0.1, -0.05) is 6.07 Å². The zero-order chi connectivity index (χ0) is 24.2. The Morgan fingerprint density at radius 1 is 1.09 bits per heavy atom. The molecule has 0 unspecified atom stereocenters. The second-order valence-corrected chi connectivity index (χ2v) is 8.18. The minimum absolute atomic E-state index is 0.0585. The standard InChI is InChI=1S/C20H24N4O2.C2HF3O2/c1-22-11-4-6-17(22)18(25)23-12-7-20(8-13-23)9-14-24(19(20)26)15-16-5-2-3-10-21-16;3-2(4,5)1(6)7/h2-6,10-11H,7-9,12-15H2,1H3;(H,6,7). The van der Waals surface area contributed by atoms with E-state index in [-0.39, 0.29) is 17.2 Å². The molecule has 0 radical (unpaired) electrons. The number of aryl methyl sites for hydroxylation is 1. The van der Waals surface area contributed by atoms with Gasteiger partial charge in [0.05, 0.1) is 17.7 Å². The maximum absolute atomic E-state index is 13.0. The molecule has 0 bridgehead atoms. The van der Waals surface area contributed by atoms with E-state index in [1.54, 1.807) is 6.20 Å². The summed E-state index contributed by atoms with van der Waals surface area (Å²) in [6.07, 6.45) is 0.945. The predicted octanol–water partition coefficient (Wildman–Crippen LogP) is 2.71. The van der Waals surface area contributed by atoms with Gasteiger partial charge in [-0.3, -0.25) is 14.6 Å². The zero-order valence-electron chi connectivity index (χ0n) is 18.1. The number of hydrogen-bond acceptors (Lipinski definition) is 4. The molecule has 2 aliphatic heterocycles. The molecule has 1 N–H and O–H groups in total. The fourth-order valence-electron chi connectivity index (χ4n) is 4.18. The van der Waals surface area contributed by atoms with Gasteiger partial charge in [-0.25, -0.2) is 4.79 Å². The molecule has 4 heterocycles. The lowest BCUT2D eigenvalue weighted by atomic mass is 9.77.